The Hall–Kier alpha value is -3.51. The molecule has 3 aromatic rings. The van der Waals surface area contributed by atoms with Gasteiger partial charge in [0.1, 0.15) is 17.3 Å². The van der Waals surface area contributed by atoms with Crippen molar-refractivity contribution in [1.82, 2.24) is 4.90 Å². The van der Waals surface area contributed by atoms with Crippen molar-refractivity contribution in [2.24, 2.45) is 0 Å². The second-order valence-corrected chi connectivity index (χ2v) is 7.87. The van der Waals surface area contributed by atoms with Gasteiger partial charge in [0, 0.05) is 10.6 Å². The first-order valence-electron chi connectivity index (χ1n) is 10.3. The number of hydrogen-bond donors (Lipinski definition) is 1. The average Bonchev–Trinajstić information content (AvgIpc) is 3.40. The van der Waals surface area contributed by atoms with E-state index in [1.54, 1.807) is 60.7 Å². The molecule has 2 heterocycles. The molecule has 32 heavy (non-hydrogen) atoms. The molecule has 4 rings (SSSR count). The first-order valence-corrected chi connectivity index (χ1v) is 10.7. The lowest BCUT2D eigenvalue weighted by Gasteiger charge is -2.24. The summed E-state index contributed by atoms with van der Waals surface area (Å²) in [5.74, 6) is -0.656. The fourth-order valence-electron chi connectivity index (χ4n) is 3.75. The smallest absolute Gasteiger partial charge is 0.296 e. The van der Waals surface area contributed by atoms with Crippen molar-refractivity contribution < 1.29 is 23.8 Å². The standard InChI is InChI=1S/C25H22ClNO5/c1-2-11-31-19-9-4-7-17(14-19)23(28)21-22(16-6-3-8-18(26)13-16)27(25(30)24(21)29)15-20-10-5-12-32-20/h3-10,12-14,22,28H,2,11,15H2,1H3. The van der Waals surface area contributed by atoms with Crippen molar-refractivity contribution in [2.75, 3.05) is 6.61 Å². The minimum atomic E-state index is -0.820. The number of aliphatic hydroxyl groups is 1. The molecule has 0 saturated carbocycles. The summed E-state index contributed by atoms with van der Waals surface area (Å²) in [6, 6.07) is 16.3. The Bertz CT molecular complexity index is 1170. The highest BCUT2D eigenvalue weighted by Gasteiger charge is 2.46. The van der Waals surface area contributed by atoms with Gasteiger partial charge < -0.3 is 19.2 Å². The van der Waals surface area contributed by atoms with Crippen LogP contribution in [-0.2, 0) is 16.1 Å². The molecule has 6 nitrogen and oxygen atoms in total. The van der Waals surface area contributed by atoms with Crippen molar-refractivity contribution in [3.8, 4) is 5.75 Å². The third kappa shape index (κ3) is 4.27. The van der Waals surface area contributed by atoms with E-state index in [0.29, 0.717) is 34.3 Å². The zero-order chi connectivity index (χ0) is 22.7. The molecular formula is C25H22ClNO5. The summed E-state index contributed by atoms with van der Waals surface area (Å²) in [7, 11) is 0. The number of ketones is 1. The summed E-state index contributed by atoms with van der Waals surface area (Å²) in [4.78, 5) is 27.5. The van der Waals surface area contributed by atoms with Crippen LogP contribution in [0, 0.1) is 0 Å². The lowest BCUT2D eigenvalue weighted by atomic mass is 9.95. The van der Waals surface area contributed by atoms with Gasteiger partial charge in [-0.25, -0.2) is 0 Å². The molecule has 2 aromatic carbocycles. The maximum Gasteiger partial charge on any atom is 0.296 e. The van der Waals surface area contributed by atoms with Gasteiger partial charge in [0.15, 0.2) is 0 Å². The zero-order valence-corrected chi connectivity index (χ0v) is 18.2. The highest BCUT2D eigenvalue weighted by Crippen LogP contribution is 2.41. The van der Waals surface area contributed by atoms with Gasteiger partial charge in [0.2, 0.25) is 0 Å². The Kier molecular flexibility index (Phi) is 6.32. The largest absolute Gasteiger partial charge is 0.507 e. The van der Waals surface area contributed by atoms with Crippen LogP contribution in [0.15, 0.2) is 76.9 Å². The predicted molar refractivity (Wildman–Crippen MR) is 120 cm³/mol. The van der Waals surface area contributed by atoms with Crippen LogP contribution >= 0.6 is 11.6 Å². The molecule has 0 spiro atoms. The van der Waals surface area contributed by atoms with E-state index in [4.69, 9.17) is 20.8 Å². The summed E-state index contributed by atoms with van der Waals surface area (Å²) in [6.45, 7) is 2.60. The molecular weight excluding hydrogens is 430 g/mol. The molecule has 0 bridgehead atoms. The highest BCUT2D eigenvalue weighted by molar-refractivity contribution is 6.46. The second-order valence-electron chi connectivity index (χ2n) is 7.44. The summed E-state index contributed by atoms with van der Waals surface area (Å²) < 4.78 is 11.0. The SMILES string of the molecule is CCCOc1cccc(C(O)=C2C(=O)C(=O)N(Cc3ccco3)C2c2cccc(Cl)c2)c1. The molecule has 1 saturated heterocycles. The van der Waals surface area contributed by atoms with Gasteiger partial charge in [-0.2, -0.15) is 0 Å². The average molecular weight is 452 g/mol. The van der Waals surface area contributed by atoms with Gasteiger partial charge in [0.25, 0.3) is 11.7 Å². The van der Waals surface area contributed by atoms with Gasteiger partial charge in [-0.1, -0.05) is 42.8 Å². The van der Waals surface area contributed by atoms with Gasteiger partial charge in [-0.05, 0) is 48.4 Å². The molecule has 1 unspecified atom stereocenters. The predicted octanol–water partition coefficient (Wildman–Crippen LogP) is 5.34. The number of carbonyl (C=O) groups is 2. The van der Waals surface area contributed by atoms with Crippen molar-refractivity contribution in [2.45, 2.75) is 25.9 Å². The Morgan fingerprint density at radius 3 is 2.66 bits per heavy atom. The molecule has 1 N–H and O–H groups in total. The van der Waals surface area contributed by atoms with Gasteiger partial charge in [-0.3, -0.25) is 9.59 Å². The van der Waals surface area contributed by atoms with Crippen molar-refractivity contribution in [1.29, 1.82) is 0 Å². The molecule has 1 aliphatic rings. The maximum atomic E-state index is 13.1. The van der Waals surface area contributed by atoms with Gasteiger partial charge >= 0.3 is 0 Å². The Morgan fingerprint density at radius 1 is 1.12 bits per heavy atom. The first kappa shape index (κ1) is 21.7. The van der Waals surface area contributed by atoms with E-state index in [1.807, 2.05) is 6.92 Å². The van der Waals surface area contributed by atoms with Crippen LogP contribution in [0.1, 0.15) is 36.3 Å². The van der Waals surface area contributed by atoms with Crippen LogP contribution < -0.4 is 4.74 Å². The fourth-order valence-corrected chi connectivity index (χ4v) is 3.94. The third-order valence-corrected chi connectivity index (χ3v) is 5.43. The second kappa shape index (κ2) is 9.32. The van der Waals surface area contributed by atoms with Crippen molar-refractivity contribution in [3.05, 3.63) is 94.4 Å². The summed E-state index contributed by atoms with van der Waals surface area (Å²) in [6.07, 6.45) is 2.34. The third-order valence-electron chi connectivity index (χ3n) is 5.19. The topological polar surface area (TPSA) is 80.0 Å². The van der Waals surface area contributed by atoms with Crippen molar-refractivity contribution >= 4 is 29.1 Å². The number of halogens is 1. The Morgan fingerprint density at radius 2 is 1.94 bits per heavy atom. The van der Waals surface area contributed by atoms with E-state index in [1.165, 1.54) is 11.2 Å². The molecule has 164 valence electrons. The van der Waals surface area contributed by atoms with Crippen LogP contribution in [0.4, 0.5) is 0 Å². The van der Waals surface area contributed by atoms with Crippen LogP contribution in [0.2, 0.25) is 5.02 Å². The van der Waals surface area contributed by atoms with E-state index in [9.17, 15) is 14.7 Å². The van der Waals surface area contributed by atoms with Crippen LogP contribution in [0.25, 0.3) is 5.76 Å². The lowest BCUT2D eigenvalue weighted by molar-refractivity contribution is -0.140. The molecule has 1 atom stereocenters. The van der Waals surface area contributed by atoms with Crippen LogP contribution in [0.3, 0.4) is 0 Å². The monoisotopic (exact) mass is 451 g/mol. The number of aliphatic hydroxyl groups excluding tert-OH is 1. The van der Waals surface area contributed by atoms with E-state index in [-0.39, 0.29) is 17.9 Å². The number of benzene rings is 2. The zero-order valence-electron chi connectivity index (χ0n) is 17.5. The van der Waals surface area contributed by atoms with E-state index in [0.717, 1.165) is 6.42 Å². The number of ether oxygens (including phenoxy) is 1. The maximum absolute atomic E-state index is 13.1. The molecule has 0 aliphatic carbocycles. The van der Waals surface area contributed by atoms with E-state index < -0.39 is 17.7 Å². The van der Waals surface area contributed by atoms with E-state index in [2.05, 4.69) is 0 Å². The number of nitrogens with zero attached hydrogens (tertiary/aromatic N) is 1. The summed E-state index contributed by atoms with van der Waals surface area (Å²) in [5.41, 5.74) is 1.00. The van der Waals surface area contributed by atoms with Crippen LogP contribution in [0.5, 0.6) is 5.75 Å². The number of Topliss-reactive ketones (excluding diaryl/α,β-unsaturated/α-hetero) is 1. The lowest BCUT2D eigenvalue weighted by Crippen LogP contribution is -2.29. The normalized spacial score (nSPS) is 17.7. The Balaban J connectivity index is 1.82. The van der Waals surface area contributed by atoms with E-state index >= 15 is 0 Å². The molecule has 1 aromatic heterocycles. The number of rotatable bonds is 7. The number of likely N-dealkylation sites (tertiary alicyclic amines) is 1. The molecule has 1 aliphatic heterocycles. The molecule has 1 amide bonds. The number of carbonyl (C=O) groups excluding carboxylic acids is 2. The van der Waals surface area contributed by atoms with Crippen molar-refractivity contribution in [3.63, 3.8) is 0 Å². The minimum Gasteiger partial charge on any atom is -0.507 e. The molecule has 0 radical (unpaired) electrons. The van der Waals surface area contributed by atoms with Gasteiger partial charge in [-0.15, -0.1) is 0 Å². The number of furan rings is 1. The van der Waals surface area contributed by atoms with Crippen LogP contribution in [-0.4, -0.2) is 28.3 Å². The quantitative estimate of drug-likeness (QED) is 0.298. The Labute approximate surface area is 190 Å². The molecule has 7 heteroatoms. The molecule has 1 fully saturated rings. The number of hydrogen-bond acceptors (Lipinski definition) is 5. The summed E-state index contributed by atoms with van der Waals surface area (Å²) >= 11 is 6.20. The number of amides is 1. The highest BCUT2D eigenvalue weighted by atomic mass is 35.5. The first-order chi connectivity index (χ1) is 15.5. The minimum absolute atomic E-state index is 0.00327. The van der Waals surface area contributed by atoms with Gasteiger partial charge in [0.05, 0.1) is 31.0 Å². The summed E-state index contributed by atoms with van der Waals surface area (Å²) in [5, 5.41) is 11.6. The fraction of sp³-hybridized carbons (Fsp3) is 0.200.